The lowest BCUT2D eigenvalue weighted by Gasteiger charge is -2.48. The van der Waals surface area contributed by atoms with E-state index >= 15 is 0 Å². The van der Waals surface area contributed by atoms with E-state index in [4.69, 9.17) is 36.3 Å². The minimum atomic E-state index is -4.93. The van der Waals surface area contributed by atoms with Crippen LogP contribution in [-0.4, -0.2) is 164 Å². The quantitative estimate of drug-likeness (QED) is 0.0458. The van der Waals surface area contributed by atoms with Crippen molar-refractivity contribution in [3.8, 4) is 0 Å². The Labute approximate surface area is 292 Å². The lowest BCUT2D eigenvalue weighted by Crippen LogP contribution is -2.70. The van der Waals surface area contributed by atoms with Crippen LogP contribution >= 0.6 is 7.82 Å². The number of aliphatic carboxylic acids is 1. The molecule has 51 heavy (non-hydrogen) atoms. The summed E-state index contributed by atoms with van der Waals surface area (Å²) in [7, 11) is -4.93. The number of phosphoric acid groups is 1. The number of aliphatic hydroxyl groups excluding tert-OH is 4. The molecule has 24 heteroatoms. The number of nitrogens with zero attached hydrogens (tertiary/aromatic N) is 1. The van der Waals surface area contributed by atoms with E-state index in [0.717, 1.165) is 18.7 Å². The summed E-state index contributed by atoms with van der Waals surface area (Å²) in [4.78, 5) is 85.6. The van der Waals surface area contributed by atoms with E-state index in [1.165, 1.54) is 13.8 Å². The maximum absolute atomic E-state index is 13.3. The molecule has 0 aromatic rings. The Balaban J connectivity index is 2.97. The summed E-state index contributed by atoms with van der Waals surface area (Å²) in [5, 5.41) is 52.2. The van der Waals surface area contributed by atoms with Gasteiger partial charge in [-0.2, -0.15) is 0 Å². The first-order valence-corrected chi connectivity index (χ1v) is 17.1. The molecule has 0 spiro atoms. The number of rotatable bonds is 22. The lowest BCUT2D eigenvalue weighted by atomic mass is 9.94. The molecule has 12 atom stereocenters. The molecule has 0 aromatic carbocycles. The minimum absolute atomic E-state index is 0.411. The Morgan fingerprint density at radius 1 is 1.08 bits per heavy atom. The van der Waals surface area contributed by atoms with Crippen LogP contribution in [0.5, 0.6) is 0 Å². The zero-order valence-corrected chi connectivity index (χ0v) is 29.3. The molecule has 4 amide bonds. The highest BCUT2D eigenvalue weighted by molar-refractivity contribution is 7.47. The van der Waals surface area contributed by atoms with Crippen molar-refractivity contribution >= 4 is 43.2 Å². The first-order chi connectivity index (χ1) is 23.6. The van der Waals surface area contributed by atoms with Gasteiger partial charge in [0, 0.05) is 19.9 Å². The standard InChI is InChI=1S/C27H49N6O17P/c1-11(21(39)17(7-28)50-51(45,46)47-10-15(37)8-34)31-19(38)6-5-16(24(30)41)32-25(42)12(2)33(14(4)36)26-20(29)23(48-13(3)27(43)44)22(40)18(9-35)49-26/h11-13,15-18,20,22-23,26,34-35,37,40H,5-10,28-29H2,1-4H3,(H2,30,41)(H,31,38)(H,32,42)(H,43,44)(H,45,46)/t11-,12-,13+,15+,16-,17?,18+,20+,22+,23+,26?/m0/s1. The van der Waals surface area contributed by atoms with Crippen LogP contribution in [-0.2, 0) is 51.9 Å². The van der Waals surface area contributed by atoms with Gasteiger partial charge < -0.3 is 72.6 Å². The second kappa shape index (κ2) is 20.7. The molecule has 14 N–H and O–H groups in total. The summed E-state index contributed by atoms with van der Waals surface area (Å²) in [5.41, 5.74) is 17.1. The fourth-order valence-corrected chi connectivity index (χ4v) is 5.70. The third-order valence-corrected chi connectivity index (χ3v) is 8.62. The zero-order chi connectivity index (χ0) is 39.4. The molecule has 0 radical (unpaired) electrons. The number of phosphoric ester groups is 1. The summed E-state index contributed by atoms with van der Waals surface area (Å²) >= 11 is 0. The molecule has 1 heterocycles. The van der Waals surface area contributed by atoms with Crippen molar-refractivity contribution in [3.05, 3.63) is 0 Å². The van der Waals surface area contributed by atoms with Gasteiger partial charge in [0.25, 0.3) is 0 Å². The average Bonchev–Trinajstić information content (AvgIpc) is 3.06. The fraction of sp³-hybridized carbons (Fsp3) is 0.778. The number of ketones is 1. The van der Waals surface area contributed by atoms with E-state index in [0.29, 0.717) is 0 Å². The van der Waals surface area contributed by atoms with Gasteiger partial charge in [0.15, 0.2) is 18.1 Å². The molecule has 0 aliphatic carbocycles. The van der Waals surface area contributed by atoms with Gasteiger partial charge in [-0.25, -0.2) is 9.36 Å². The molecule has 1 aliphatic rings. The second-order valence-corrected chi connectivity index (χ2v) is 13.0. The van der Waals surface area contributed by atoms with Gasteiger partial charge in [-0.05, 0) is 27.2 Å². The monoisotopic (exact) mass is 760 g/mol. The minimum Gasteiger partial charge on any atom is -0.479 e. The Bertz CT molecular complexity index is 1280. The van der Waals surface area contributed by atoms with Gasteiger partial charge in [-0.1, -0.05) is 0 Å². The van der Waals surface area contributed by atoms with Crippen molar-refractivity contribution in [2.75, 3.05) is 26.4 Å². The number of Topliss-reactive ketones (excluding diaryl/α,β-unsaturated/α-hetero) is 1. The van der Waals surface area contributed by atoms with E-state index in [2.05, 4.69) is 15.2 Å². The first kappa shape index (κ1) is 45.8. The topological polar surface area (TPSA) is 383 Å². The molecule has 1 aliphatic heterocycles. The number of aliphatic hydroxyl groups is 4. The Hall–Kier alpha value is -3.19. The Kier molecular flexibility index (Phi) is 18.6. The Morgan fingerprint density at radius 3 is 2.18 bits per heavy atom. The number of nitrogens with two attached hydrogens (primary N) is 3. The molecule has 1 fully saturated rings. The van der Waals surface area contributed by atoms with Crippen molar-refractivity contribution in [1.82, 2.24) is 15.5 Å². The van der Waals surface area contributed by atoms with Gasteiger partial charge in [-0.15, -0.1) is 0 Å². The highest BCUT2D eigenvalue weighted by Gasteiger charge is 2.49. The number of hydrogen-bond donors (Lipinski definition) is 11. The van der Waals surface area contributed by atoms with Crippen molar-refractivity contribution in [3.63, 3.8) is 0 Å². The predicted molar refractivity (Wildman–Crippen MR) is 169 cm³/mol. The van der Waals surface area contributed by atoms with E-state index in [1.807, 2.05) is 0 Å². The number of carbonyl (C=O) groups excluding carboxylic acids is 5. The summed E-state index contributed by atoms with van der Waals surface area (Å²) in [6.45, 7) is 1.62. The molecular formula is C27H49N6O17P. The third kappa shape index (κ3) is 13.7. The fourth-order valence-electron chi connectivity index (χ4n) is 4.77. The molecule has 0 bridgehead atoms. The summed E-state index contributed by atoms with van der Waals surface area (Å²) in [5.74, 6) is -6.05. The van der Waals surface area contributed by atoms with Crippen LogP contribution in [0.25, 0.3) is 0 Å². The molecule has 0 aromatic heterocycles. The van der Waals surface area contributed by atoms with Crippen LogP contribution in [0.2, 0.25) is 0 Å². The molecule has 23 nitrogen and oxygen atoms in total. The van der Waals surface area contributed by atoms with Crippen LogP contribution in [0, 0.1) is 0 Å². The number of carbonyl (C=O) groups is 6. The van der Waals surface area contributed by atoms with Crippen molar-refractivity contribution in [2.45, 2.75) is 108 Å². The van der Waals surface area contributed by atoms with Crippen LogP contribution < -0.4 is 27.8 Å². The maximum Gasteiger partial charge on any atom is 0.473 e. The Morgan fingerprint density at radius 2 is 1.69 bits per heavy atom. The SMILES string of the molecule is CC(=O)N(C1O[C@H](CO)[C@@H](O)[C@H](O[C@H](C)C(=O)O)[C@H]1N)[C@@H](C)C(=O)N[C@@H](CCC(=O)N[C@@H](C)C(=O)C(CN)OP(=O)(O)OC[C@H](O)CO)C(N)=O. The van der Waals surface area contributed by atoms with E-state index in [9.17, 15) is 58.7 Å². The smallest absolute Gasteiger partial charge is 0.473 e. The highest BCUT2D eigenvalue weighted by atomic mass is 31.2. The maximum atomic E-state index is 13.3. The van der Waals surface area contributed by atoms with E-state index in [-0.39, 0.29) is 0 Å². The van der Waals surface area contributed by atoms with Crippen LogP contribution in [0.4, 0.5) is 0 Å². The molecule has 294 valence electrons. The lowest BCUT2D eigenvalue weighted by molar-refractivity contribution is -0.245. The van der Waals surface area contributed by atoms with Crippen LogP contribution in [0.1, 0.15) is 40.5 Å². The number of nitrogens with one attached hydrogen (secondary N) is 2. The average molecular weight is 761 g/mol. The summed E-state index contributed by atoms with van der Waals surface area (Å²) in [6.07, 6.45) is -11.7. The van der Waals surface area contributed by atoms with E-state index in [1.54, 1.807) is 0 Å². The van der Waals surface area contributed by atoms with Gasteiger partial charge in [0.2, 0.25) is 23.6 Å². The normalized spacial score (nSPS) is 25.2. The van der Waals surface area contributed by atoms with Crippen molar-refractivity contribution in [2.24, 2.45) is 17.2 Å². The number of carboxylic acid groups (broad SMARTS) is 1. The number of ether oxygens (including phenoxy) is 2. The second-order valence-electron chi connectivity index (χ2n) is 11.6. The third-order valence-electron chi connectivity index (χ3n) is 7.62. The number of hydrogen-bond acceptors (Lipinski definition) is 17. The number of amides is 4. The predicted octanol–water partition coefficient (Wildman–Crippen LogP) is -5.87. The molecule has 1 saturated heterocycles. The van der Waals surface area contributed by atoms with Gasteiger partial charge in [0.05, 0.1) is 31.9 Å². The van der Waals surface area contributed by atoms with Crippen molar-refractivity contribution in [1.29, 1.82) is 0 Å². The van der Waals surface area contributed by atoms with Gasteiger partial charge >= 0.3 is 13.8 Å². The first-order valence-electron chi connectivity index (χ1n) is 15.6. The highest BCUT2D eigenvalue weighted by Crippen LogP contribution is 2.44. The van der Waals surface area contributed by atoms with Gasteiger partial charge in [0.1, 0.15) is 42.6 Å². The molecule has 0 saturated carbocycles. The number of primary amides is 1. The van der Waals surface area contributed by atoms with Gasteiger partial charge in [-0.3, -0.25) is 33.0 Å². The van der Waals surface area contributed by atoms with Crippen LogP contribution in [0.3, 0.4) is 0 Å². The van der Waals surface area contributed by atoms with Crippen LogP contribution in [0.15, 0.2) is 0 Å². The summed E-state index contributed by atoms with van der Waals surface area (Å²) in [6, 6.07) is -5.76. The molecule has 3 unspecified atom stereocenters. The largest absolute Gasteiger partial charge is 0.479 e. The molecular weight excluding hydrogens is 711 g/mol. The summed E-state index contributed by atoms with van der Waals surface area (Å²) < 4.78 is 32.3. The zero-order valence-electron chi connectivity index (χ0n) is 28.4. The number of carboxylic acids is 1. The van der Waals surface area contributed by atoms with E-state index < -0.39 is 149 Å². The molecule has 1 rings (SSSR count). The van der Waals surface area contributed by atoms with Crippen molar-refractivity contribution < 1.29 is 82.3 Å².